The fourth-order valence-electron chi connectivity index (χ4n) is 6.04. The SMILES string of the molecule is CC[C@H](C)[C@H](NC(=O)[C@H](CO)NC(=O)[C@@H](NC(=O)[C@@H]1CCCN1C(=O)[C@H](C)N)C(C)C)C(=O)N1CCC[C@H]1C(=O)N[C@@H](CCC(N)=O)C(=O)O. The van der Waals surface area contributed by atoms with E-state index in [4.69, 9.17) is 11.5 Å². The van der Waals surface area contributed by atoms with Gasteiger partial charge in [0.1, 0.15) is 36.3 Å². The number of likely N-dealkylation sites (tertiary alicyclic amines) is 2. The molecule has 0 aromatic rings. The van der Waals surface area contributed by atoms with Crippen molar-refractivity contribution in [1.29, 1.82) is 0 Å². The predicted molar refractivity (Wildman–Crippen MR) is 178 cm³/mol. The first-order valence-corrected chi connectivity index (χ1v) is 17.1. The van der Waals surface area contributed by atoms with Gasteiger partial charge in [0.25, 0.3) is 0 Å². The Morgan fingerprint density at radius 1 is 0.760 bits per heavy atom. The number of hydrogen-bond acceptors (Lipinski definition) is 10. The van der Waals surface area contributed by atoms with Crippen LogP contribution in [0, 0.1) is 11.8 Å². The largest absolute Gasteiger partial charge is 0.480 e. The summed E-state index contributed by atoms with van der Waals surface area (Å²) in [5.41, 5.74) is 10.9. The van der Waals surface area contributed by atoms with E-state index in [2.05, 4.69) is 21.3 Å². The highest BCUT2D eigenvalue weighted by Crippen LogP contribution is 2.22. The molecule has 18 heteroatoms. The van der Waals surface area contributed by atoms with E-state index in [-0.39, 0.29) is 31.7 Å². The number of primary amides is 1. The number of rotatable bonds is 18. The maximum absolute atomic E-state index is 13.8. The Balaban J connectivity index is 2.16. The number of aliphatic hydroxyl groups excluding tert-OH is 1. The summed E-state index contributed by atoms with van der Waals surface area (Å²) >= 11 is 0. The van der Waals surface area contributed by atoms with Crippen molar-refractivity contribution in [2.45, 2.75) is 122 Å². The maximum Gasteiger partial charge on any atom is 0.326 e. The van der Waals surface area contributed by atoms with Crippen LogP contribution in [0.5, 0.6) is 0 Å². The normalized spacial score (nSPS) is 21.0. The van der Waals surface area contributed by atoms with Gasteiger partial charge in [-0.25, -0.2) is 4.79 Å². The third-order valence-corrected chi connectivity index (χ3v) is 9.20. The van der Waals surface area contributed by atoms with Crippen LogP contribution < -0.4 is 32.7 Å². The molecule has 2 aliphatic rings. The number of nitrogens with zero attached hydrogens (tertiary/aromatic N) is 2. The molecule has 2 heterocycles. The average molecular weight is 711 g/mol. The number of aliphatic hydroxyl groups is 1. The standard InChI is InChI=1S/C32H54N8O10/c1-6-17(4)25(31(48)40-14-8-9-21(40)27(44)35-19(32(49)50)11-12-23(34)42)38-26(43)20(15-41)36-29(46)24(16(2)3)37-28(45)22-10-7-13-39(22)30(47)18(5)33/h16-22,24-25,41H,6-15,33H2,1-5H3,(H2,34,42)(H,35,44)(H,36,46)(H,37,45)(H,38,43)(H,49,50)/t17-,18-,19-,20-,21-,22-,24-,25-/m0/s1. The topological polar surface area (TPSA) is 284 Å². The summed E-state index contributed by atoms with van der Waals surface area (Å²) in [6.45, 7) is 8.03. The molecule has 2 saturated heterocycles. The van der Waals surface area contributed by atoms with Crippen molar-refractivity contribution in [3.63, 3.8) is 0 Å². The van der Waals surface area contributed by atoms with Crippen LogP contribution in [-0.4, -0.2) is 129 Å². The molecular weight excluding hydrogens is 656 g/mol. The summed E-state index contributed by atoms with van der Waals surface area (Å²) in [4.78, 5) is 105. The molecule has 0 aliphatic carbocycles. The molecule has 2 aliphatic heterocycles. The number of carboxylic acid groups (broad SMARTS) is 1. The van der Waals surface area contributed by atoms with Crippen LogP contribution in [-0.2, 0) is 38.4 Å². The van der Waals surface area contributed by atoms with E-state index in [0.29, 0.717) is 32.2 Å². The van der Waals surface area contributed by atoms with E-state index in [1.807, 2.05) is 0 Å². The van der Waals surface area contributed by atoms with Gasteiger partial charge in [0.15, 0.2) is 0 Å². The quantitative estimate of drug-likeness (QED) is 0.0724. The van der Waals surface area contributed by atoms with Crippen LogP contribution >= 0.6 is 0 Å². The number of carbonyl (C=O) groups excluding carboxylic acids is 7. The second kappa shape index (κ2) is 19.2. The molecule has 50 heavy (non-hydrogen) atoms. The van der Waals surface area contributed by atoms with Gasteiger partial charge < -0.3 is 52.7 Å². The first kappa shape index (κ1) is 41.8. The summed E-state index contributed by atoms with van der Waals surface area (Å²) in [7, 11) is 0. The number of carboxylic acids is 1. The monoisotopic (exact) mass is 710 g/mol. The number of amides is 7. The molecule has 282 valence electrons. The zero-order valence-corrected chi connectivity index (χ0v) is 29.5. The molecule has 2 rings (SSSR count). The van der Waals surface area contributed by atoms with Crippen LogP contribution in [0.1, 0.15) is 79.6 Å². The van der Waals surface area contributed by atoms with Gasteiger partial charge in [0, 0.05) is 19.5 Å². The van der Waals surface area contributed by atoms with E-state index in [0.717, 1.165) is 0 Å². The van der Waals surface area contributed by atoms with Gasteiger partial charge >= 0.3 is 5.97 Å². The van der Waals surface area contributed by atoms with Crippen LogP contribution in [0.2, 0.25) is 0 Å². The van der Waals surface area contributed by atoms with Crippen LogP contribution in [0.4, 0.5) is 0 Å². The fourth-order valence-corrected chi connectivity index (χ4v) is 6.04. The van der Waals surface area contributed by atoms with Crippen molar-refractivity contribution >= 4 is 47.3 Å². The van der Waals surface area contributed by atoms with Gasteiger partial charge in [-0.3, -0.25) is 33.6 Å². The minimum Gasteiger partial charge on any atom is -0.480 e. The number of nitrogens with one attached hydrogen (secondary N) is 4. The molecule has 10 N–H and O–H groups in total. The van der Waals surface area contributed by atoms with Crippen molar-refractivity contribution in [1.82, 2.24) is 31.1 Å². The highest BCUT2D eigenvalue weighted by Gasteiger charge is 2.42. The number of aliphatic carboxylic acids is 1. The Morgan fingerprint density at radius 3 is 1.76 bits per heavy atom. The summed E-state index contributed by atoms with van der Waals surface area (Å²) in [6.07, 6.45) is 1.56. The van der Waals surface area contributed by atoms with Crippen molar-refractivity contribution in [3.05, 3.63) is 0 Å². The van der Waals surface area contributed by atoms with Crippen molar-refractivity contribution in [2.75, 3.05) is 19.7 Å². The Labute approximate surface area is 291 Å². The minimum atomic E-state index is -1.51. The molecule has 0 unspecified atom stereocenters. The molecule has 0 spiro atoms. The summed E-state index contributed by atoms with van der Waals surface area (Å²) in [6, 6.07) is -7.88. The maximum atomic E-state index is 13.8. The second-order valence-corrected chi connectivity index (χ2v) is 13.4. The molecule has 0 aromatic heterocycles. The molecule has 18 nitrogen and oxygen atoms in total. The van der Waals surface area contributed by atoms with Crippen LogP contribution in [0.25, 0.3) is 0 Å². The zero-order valence-electron chi connectivity index (χ0n) is 29.5. The summed E-state index contributed by atoms with van der Waals surface area (Å²) < 4.78 is 0. The van der Waals surface area contributed by atoms with Crippen LogP contribution in [0.15, 0.2) is 0 Å². The molecular formula is C32H54N8O10. The van der Waals surface area contributed by atoms with Gasteiger partial charge in [-0.2, -0.15) is 0 Å². The highest BCUT2D eigenvalue weighted by molar-refractivity contribution is 5.97. The van der Waals surface area contributed by atoms with Crippen molar-refractivity contribution < 1.29 is 48.6 Å². The van der Waals surface area contributed by atoms with E-state index >= 15 is 0 Å². The first-order chi connectivity index (χ1) is 23.4. The van der Waals surface area contributed by atoms with E-state index in [1.54, 1.807) is 27.7 Å². The Morgan fingerprint density at radius 2 is 1.30 bits per heavy atom. The highest BCUT2D eigenvalue weighted by atomic mass is 16.4. The average Bonchev–Trinajstić information content (AvgIpc) is 3.76. The van der Waals surface area contributed by atoms with Crippen molar-refractivity contribution in [2.24, 2.45) is 23.3 Å². The van der Waals surface area contributed by atoms with Gasteiger partial charge in [0.2, 0.25) is 41.4 Å². The van der Waals surface area contributed by atoms with Gasteiger partial charge in [-0.1, -0.05) is 34.1 Å². The summed E-state index contributed by atoms with van der Waals surface area (Å²) in [5.74, 6) is -6.93. The van der Waals surface area contributed by atoms with E-state index in [1.165, 1.54) is 16.7 Å². The lowest BCUT2D eigenvalue weighted by Gasteiger charge is -2.33. The third kappa shape index (κ3) is 11.1. The Bertz CT molecular complexity index is 1280. The molecule has 7 amide bonds. The minimum absolute atomic E-state index is 0.156. The van der Waals surface area contributed by atoms with Gasteiger partial charge in [0.05, 0.1) is 12.6 Å². The molecule has 2 fully saturated rings. The lowest BCUT2D eigenvalue weighted by atomic mass is 9.96. The Hall–Kier alpha value is -4.32. The Kier molecular flexibility index (Phi) is 16.0. The third-order valence-electron chi connectivity index (χ3n) is 9.20. The smallest absolute Gasteiger partial charge is 0.326 e. The molecule has 8 atom stereocenters. The number of hydrogen-bond donors (Lipinski definition) is 8. The predicted octanol–water partition coefficient (Wildman–Crippen LogP) is -2.70. The van der Waals surface area contributed by atoms with Gasteiger partial charge in [-0.05, 0) is 50.9 Å². The molecule has 0 radical (unpaired) electrons. The van der Waals surface area contributed by atoms with Crippen LogP contribution in [0.3, 0.4) is 0 Å². The first-order valence-electron chi connectivity index (χ1n) is 17.1. The fraction of sp³-hybridized carbons (Fsp3) is 0.750. The molecule has 0 saturated carbocycles. The van der Waals surface area contributed by atoms with E-state index < -0.39 is 102 Å². The molecule has 0 bridgehead atoms. The molecule has 0 aromatic carbocycles. The zero-order chi connectivity index (χ0) is 37.9. The lowest BCUT2D eigenvalue weighted by molar-refractivity contribution is -0.145. The lowest BCUT2D eigenvalue weighted by Crippen LogP contribution is -2.61. The number of nitrogens with two attached hydrogens (primary N) is 2. The number of carbonyl (C=O) groups is 8. The summed E-state index contributed by atoms with van der Waals surface area (Å²) in [5, 5.41) is 29.7. The van der Waals surface area contributed by atoms with E-state index in [9.17, 15) is 48.6 Å². The second-order valence-electron chi connectivity index (χ2n) is 13.4. The van der Waals surface area contributed by atoms with Crippen molar-refractivity contribution in [3.8, 4) is 0 Å². The van der Waals surface area contributed by atoms with Gasteiger partial charge in [-0.15, -0.1) is 0 Å².